The first-order valence-electron chi connectivity index (χ1n) is 6.13. The molecule has 1 aliphatic rings. The molecule has 4 nitrogen and oxygen atoms in total. The molecule has 1 fully saturated rings. The van der Waals surface area contributed by atoms with Crippen LogP contribution in [0.3, 0.4) is 0 Å². The summed E-state index contributed by atoms with van der Waals surface area (Å²) in [5.41, 5.74) is 1.89. The van der Waals surface area contributed by atoms with E-state index in [-0.39, 0.29) is 0 Å². The van der Waals surface area contributed by atoms with Crippen LogP contribution in [0, 0.1) is 23.7 Å². The summed E-state index contributed by atoms with van der Waals surface area (Å²) in [6.45, 7) is 6.48. The molecule has 0 spiro atoms. The van der Waals surface area contributed by atoms with Crippen LogP contribution in [0.4, 0.5) is 5.82 Å². The van der Waals surface area contributed by atoms with E-state index in [0.717, 1.165) is 17.9 Å². The van der Waals surface area contributed by atoms with Crippen LogP contribution in [0.2, 0.25) is 0 Å². The molecule has 1 atom stereocenters. The fraction of sp³-hybridized carbons (Fsp3) is 0.692. The second-order valence-corrected chi connectivity index (χ2v) is 5.79. The van der Waals surface area contributed by atoms with E-state index in [1.807, 2.05) is 14.0 Å². The van der Waals surface area contributed by atoms with Crippen molar-refractivity contribution in [3.05, 3.63) is 11.3 Å². The van der Waals surface area contributed by atoms with Crippen LogP contribution in [0.5, 0.6) is 0 Å². The maximum absolute atomic E-state index is 9.15. The molecule has 4 heteroatoms. The zero-order chi connectivity index (χ0) is 12.6. The Morgan fingerprint density at radius 3 is 2.76 bits per heavy atom. The monoisotopic (exact) mass is 232 g/mol. The van der Waals surface area contributed by atoms with Crippen LogP contribution in [-0.2, 0) is 7.05 Å². The minimum atomic E-state index is 0.415. The molecule has 0 radical (unpaired) electrons. The lowest BCUT2D eigenvalue weighted by Gasteiger charge is -2.18. The number of nitriles is 1. The average molecular weight is 232 g/mol. The second-order valence-electron chi connectivity index (χ2n) is 5.79. The molecule has 1 N–H and O–H groups in total. The van der Waals surface area contributed by atoms with Crippen LogP contribution in [0.25, 0.3) is 0 Å². The van der Waals surface area contributed by atoms with E-state index in [4.69, 9.17) is 5.26 Å². The van der Waals surface area contributed by atoms with Crippen molar-refractivity contribution in [2.75, 3.05) is 5.32 Å². The van der Waals surface area contributed by atoms with E-state index < -0.39 is 0 Å². The summed E-state index contributed by atoms with van der Waals surface area (Å²) in [5.74, 6) is 0.868. The van der Waals surface area contributed by atoms with Gasteiger partial charge in [0.1, 0.15) is 17.5 Å². The molecule has 0 aromatic carbocycles. The Labute approximate surface area is 103 Å². The highest BCUT2D eigenvalue weighted by molar-refractivity contribution is 5.55. The molecule has 2 rings (SSSR count). The summed E-state index contributed by atoms with van der Waals surface area (Å²) in [6, 6.07) is 2.70. The van der Waals surface area contributed by atoms with Crippen molar-refractivity contribution in [1.29, 1.82) is 5.26 Å². The normalized spacial score (nSPS) is 22.4. The van der Waals surface area contributed by atoms with Crippen LogP contribution in [-0.4, -0.2) is 15.8 Å². The van der Waals surface area contributed by atoms with Gasteiger partial charge in [0.25, 0.3) is 0 Å². The fourth-order valence-corrected chi connectivity index (χ4v) is 2.71. The van der Waals surface area contributed by atoms with Gasteiger partial charge in [0.2, 0.25) is 0 Å². The average Bonchev–Trinajstić information content (AvgIpc) is 2.69. The van der Waals surface area contributed by atoms with Gasteiger partial charge in [-0.2, -0.15) is 10.4 Å². The zero-order valence-electron chi connectivity index (χ0n) is 11.0. The molecule has 1 heterocycles. The smallest absolute Gasteiger partial charge is 0.142 e. The van der Waals surface area contributed by atoms with Gasteiger partial charge in [-0.3, -0.25) is 4.68 Å². The van der Waals surface area contributed by atoms with Crippen LogP contribution in [0.15, 0.2) is 0 Å². The number of anilines is 1. The van der Waals surface area contributed by atoms with E-state index >= 15 is 0 Å². The van der Waals surface area contributed by atoms with Gasteiger partial charge >= 0.3 is 0 Å². The molecule has 0 saturated heterocycles. The predicted molar refractivity (Wildman–Crippen MR) is 67.7 cm³/mol. The fourth-order valence-electron chi connectivity index (χ4n) is 2.71. The Morgan fingerprint density at radius 1 is 1.53 bits per heavy atom. The molecular weight excluding hydrogens is 212 g/mol. The third-order valence-corrected chi connectivity index (χ3v) is 3.64. The van der Waals surface area contributed by atoms with Crippen LogP contribution < -0.4 is 5.32 Å². The maximum Gasteiger partial charge on any atom is 0.142 e. The molecular formula is C13H20N4. The first-order valence-corrected chi connectivity index (χ1v) is 6.13. The molecule has 0 bridgehead atoms. The summed E-state index contributed by atoms with van der Waals surface area (Å²) >= 11 is 0. The quantitative estimate of drug-likeness (QED) is 0.852. The van der Waals surface area contributed by atoms with Crippen molar-refractivity contribution in [2.24, 2.45) is 12.5 Å². The highest BCUT2D eigenvalue weighted by Crippen LogP contribution is 2.38. The summed E-state index contributed by atoms with van der Waals surface area (Å²) in [5, 5.41) is 16.9. The summed E-state index contributed by atoms with van der Waals surface area (Å²) < 4.78 is 1.78. The molecule has 1 saturated carbocycles. The molecule has 0 amide bonds. The zero-order valence-corrected chi connectivity index (χ0v) is 11.0. The van der Waals surface area contributed by atoms with Gasteiger partial charge in [-0.05, 0) is 31.6 Å². The number of nitrogens with one attached hydrogen (secondary N) is 1. The van der Waals surface area contributed by atoms with Gasteiger partial charge < -0.3 is 5.32 Å². The standard InChI is InChI=1S/C13H20N4/c1-9-11(8-14)12(17(4)16-9)15-10-5-6-13(2,3)7-10/h10,15H,5-7H2,1-4H3. The lowest BCUT2D eigenvalue weighted by Crippen LogP contribution is -2.20. The third-order valence-electron chi connectivity index (χ3n) is 3.64. The highest BCUT2D eigenvalue weighted by atomic mass is 15.3. The SMILES string of the molecule is Cc1nn(C)c(NC2CCC(C)(C)C2)c1C#N. The lowest BCUT2D eigenvalue weighted by atomic mass is 9.92. The van der Waals surface area contributed by atoms with E-state index in [9.17, 15) is 0 Å². The summed E-state index contributed by atoms with van der Waals surface area (Å²) in [7, 11) is 1.89. The van der Waals surface area contributed by atoms with Crippen molar-refractivity contribution in [2.45, 2.75) is 46.1 Å². The van der Waals surface area contributed by atoms with E-state index in [1.54, 1.807) is 4.68 Å². The van der Waals surface area contributed by atoms with Gasteiger partial charge in [-0.15, -0.1) is 0 Å². The third kappa shape index (κ3) is 2.28. The number of hydrogen-bond donors (Lipinski definition) is 1. The Hall–Kier alpha value is -1.50. The van der Waals surface area contributed by atoms with Crippen molar-refractivity contribution < 1.29 is 0 Å². The van der Waals surface area contributed by atoms with Crippen molar-refractivity contribution >= 4 is 5.82 Å². The first kappa shape index (κ1) is 12.0. The van der Waals surface area contributed by atoms with E-state index in [2.05, 4.69) is 30.3 Å². The molecule has 1 aliphatic carbocycles. The van der Waals surface area contributed by atoms with E-state index in [0.29, 0.717) is 17.0 Å². The van der Waals surface area contributed by atoms with Gasteiger partial charge in [-0.25, -0.2) is 0 Å². The van der Waals surface area contributed by atoms with Gasteiger partial charge in [0.15, 0.2) is 0 Å². The Morgan fingerprint density at radius 2 is 2.24 bits per heavy atom. The first-order chi connectivity index (χ1) is 7.93. The van der Waals surface area contributed by atoms with Crippen molar-refractivity contribution in [3.63, 3.8) is 0 Å². The predicted octanol–water partition coefficient (Wildman–Crippen LogP) is 2.59. The van der Waals surface area contributed by atoms with Crippen LogP contribution >= 0.6 is 0 Å². The highest BCUT2D eigenvalue weighted by Gasteiger charge is 2.31. The van der Waals surface area contributed by atoms with Gasteiger partial charge in [0, 0.05) is 13.1 Å². The Kier molecular flexibility index (Phi) is 2.86. The number of rotatable bonds is 2. The second kappa shape index (κ2) is 4.06. The maximum atomic E-state index is 9.15. The molecule has 1 aromatic heterocycles. The largest absolute Gasteiger partial charge is 0.366 e. The molecule has 1 unspecified atom stereocenters. The lowest BCUT2D eigenvalue weighted by molar-refractivity contribution is 0.378. The molecule has 92 valence electrons. The van der Waals surface area contributed by atoms with E-state index in [1.165, 1.54) is 12.8 Å². The number of hydrogen-bond acceptors (Lipinski definition) is 3. The number of nitrogens with zero attached hydrogens (tertiary/aromatic N) is 3. The van der Waals surface area contributed by atoms with Gasteiger partial charge in [-0.1, -0.05) is 13.8 Å². The van der Waals surface area contributed by atoms with Crippen molar-refractivity contribution in [3.8, 4) is 6.07 Å². The summed E-state index contributed by atoms with van der Waals surface area (Å²) in [4.78, 5) is 0. The molecule has 0 aliphatic heterocycles. The minimum absolute atomic E-state index is 0.415. The topological polar surface area (TPSA) is 53.6 Å². The number of aromatic nitrogens is 2. The van der Waals surface area contributed by atoms with Crippen molar-refractivity contribution in [1.82, 2.24) is 9.78 Å². The summed E-state index contributed by atoms with van der Waals surface area (Å²) in [6.07, 6.45) is 3.56. The Balaban J connectivity index is 2.18. The molecule has 17 heavy (non-hydrogen) atoms. The van der Waals surface area contributed by atoms with Gasteiger partial charge in [0.05, 0.1) is 5.69 Å². The minimum Gasteiger partial charge on any atom is -0.366 e. The molecule has 1 aromatic rings. The Bertz CT molecular complexity index is 464. The number of aryl methyl sites for hydroxylation is 2. The van der Waals surface area contributed by atoms with Crippen LogP contribution in [0.1, 0.15) is 44.4 Å².